The zero-order chi connectivity index (χ0) is 17.8. The molecule has 0 bridgehead atoms. The maximum atomic E-state index is 13.1. The second-order valence-corrected chi connectivity index (χ2v) is 6.02. The molecule has 0 atom stereocenters. The Labute approximate surface area is 149 Å². The van der Waals surface area contributed by atoms with Crippen LogP contribution in [-0.4, -0.2) is 25.0 Å². The molecule has 0 aliphatic carbocycles. The standard InChI is InChI=1S/C18H16ClFN2O3/c19-15-9-12(6-7-16(15)20)21-17(23)11-25-14-4-1-3-13(10-14)22-8-2-5-18(22)24/h1,3-4,6-7,9-10H,2,5,8,11H2,(H,21,23). The molecule has 1 N–H and O–H groups in total. The van der Waals surface area contributed by atoms with Crippen molar-refractivity contribution in [2.75, 3.05) is 23.4 Å². The second-order valence-electron chi connectivity index (χ2n) is 5.61. The van der Waals surface area contributed by atoms with Crippen molar-refractivity contribution >= 4 is 34.8 Å². The maximum Gasteiger partial charge on any atom is 0.262 e. The predicted octanol–water partition coefficient (Wildman–Crippen LogP) is 3.62. The Balaban J connectivity index is 1.58. The molecule has 0 aromatic heterocycles. The molecule has 0 radical (unpaired) electrons. The molecule has 25 heavy (non-hydrogen) atoms. The summed E-state index contributed by atoms with van der Waals surface area (Å²) in [5.74, 6) is -0.373. The number of amides is 2. The highest BCUT2D eigenvalue weighted by atomic mass is 35.5. The molecule has 0 spiro atoms. The molecule has 0 unspecified atom stereocenters. The van der Waals surface area contributed by atoms with Crippen molar-refractivity contribution in [2.24, 2.45) is 0 Å². The summed E-state index contributed by atoms with van der Waals surface area (Å²) in [5.41, 5.74) is 1.14. The first kappa shape index (κ1) is 17.2. The lowest BCUT2D eigenvalue weighted by Crippen LogP contribution is -2.24. The van der Waals surface area contributed by atoms with Gasteiger partial charge in [-0.2, -0.15) is 0 Å². The van der Waals surface area contributed by atoms with E-state index in [0.29, 0.717) is 24.4 Å². The van der Waals surface area contributed by atoms with Crippen LogP contribution in [0.25, 0.3) is 0 Å². The average Bonchev–Trinajstić information content (AvgIpc) is 3.03. The van der Waals surface area contributed by atoms with Crippen molar-refractivity contribution in [3.05, 3.63) is 53.3 Å². The lowest BCUT2D eigenvalue weighted by atomic mass is 10.3. The maximum absolute atomic E-state index is 13.1. The van der Waals surface area contributed by atoms with E-state index < -0.39 is 11.7 Å². The largest absolute Gasteiger partial charge is 0.484 e. The van der Waals surface area contributed by atoms with E-state index in [1.54, 1.807) is 23.1 Å². The number of rotatable bonds is 5. The van der Waals surface area contributed by atoms with Gasteiger partial charge in [0.05, 0.1) is 5.02 Å². The van der Waals surface area contributed by atoms with E-state index in [1.165, 1.54) is 18.2 Å². The van der Waals surface area contributed by atoms with E-state index in [1.807, 2.05) is 6.07 Å². The average molecular weight is 363 g/mol. The number of anilines is 2. The summed E-state index contributed by atoms with van der Waals surface area (Å²) >= 11 is 5.67. The smallest absolute Gasteiger partial charge is 0.262 e. The summed E-state index contributed by atoms with van der Waals surface area (Å²) in [4.78, 5) is 25.4. The number of nitrogens with one attached hydrogen (secondary N) is 1. The summed E-state index contributed by atoms with van der Waals surface area (Å²) in [6, 6.07) is 11.0. The third-order valence-electron chi connectivity index (χ3n) is 3.78. The van der Waals surface area contributed by atoms with Crippen LogP contribution in [0.15, 0.2) is 42.5 Å². The third kappa shape index (κ3) is 4.28. The van der Waals surface area contributed by atoms with Gasteiger partial charge in [-0.25, -0.2) is 4.39 Å². The number of halogens is 2. The Morgan fingerprint density at radius 3 is 2.84 bits per heavy atom. The molecular formula is C18H16ClFN2O3. The molecule has 1 heterocycles. The topological polar surface area (TPSA) is 58.6 Å². The highest BCUT2D eigenvalue weighted by Crippen LogP contribution is 2.25. The number of hydrogen-bond donors (Lipinski definition) is 1. The molecule has 2 aromatic rings. The lowest BCUT2D eigenvalue weighted by Gasteiger charge is -2.16. The fourth-order valence-electron chi connectivity index (χ4n) is 2.58. The van der Waals surface area contributed by atoms with Crippen LogP contribution in [0.5, 0.6) is 5.75 Å². The summed E-state index contributed by atoms with van der Waals surface area (Å²) < 4.78 is 18.6. The predicted molar refractivity (Wildman–Crippen MR) is 93.6 cm³/mol. The van der Waals surface area contributed by atoms with Crippen LogP contribution in [0.2, 0.25) is 5.02 Å². The molecule has 2 aromatic carbocycles. The Morgan fingerprint density at radius 1 is 1.28 bits per heavy atom. The van der Waals surface area contributed by atoms with Crippen LogP contribution in [0.3, 0.4) is 0 Å². The molecule has 1 fully saturated rings. The van der Waals surface area contributed by atoms with Gasteiger partial charge in [-0.05, 0) is 36.8 Å². The van der Waals surface area contributed by atoms with Gasteiger partial charge in [0.2, 0.25) is 5.91 Å². The van der Waals surface area contributed by atoms with Crippen molar-refractivity contribution in [1.29, 1.82) is 0 Å². The molecule has 5 nitrogen and oxygen atoms in total. The van der Waals surface area contributed by atoms with Gasteiger partial charge < -0.3 is 15.0 Å². The monoisotopic (exact) mass is 362 g/mol. The van der Waals surface area contributed by atoms with Crippen LogP contribution < -0.4 is 15.0 Å². The van der Waals surface area contributed by atoms with E-state index in [4.69, 9.17) is 16.3 Å². The summed E-state index contributed by atoms with van der Waals surface area (Å²) in [6.07, 6.45) is 1.39. The molecule has 1 aliphatic heterocycles. The van der Waals surface area contributed by atoms with Crippen molar-refractivity contribution in [1.82, 2.24) is 0 Å². The van der Waals surface area contributed by atoms with Crippen molar-refractivity contribution in [2.45, 2.75) is 12.8 Å². The minimum Gasteiger partial charge on any atom is -0.484 e. The number of hydrogen-bond acceptors (Lipinski definition) is 3. The Hall–Kier alpha value is -2.60. The highest BCUT2D eigenvalue weighted by Gasteiger charge is 2.21. The molecule has 0 saturated carbocycles. The summed E-state index contributed by atoms with van der Waals surface area (Å²) in [6.45, 7) is 0.473. The van der Waals surface area contributed by atoms with E-state index >= 15 is 0 Å². The van der Waals surface area contributed by atoms with Crippen molar-refractivity contribution < 1.29 is 18.7 Å². The summed E-state index contributed by atoms with van der Waals surface area (Å²) in [7, 11) is 0. The van der Waals surface area contributed by atoms with Crippen LogP contribution in [0, 0.1) is 5.82 Å². The van der Waals surface area contributed by atoms with Gasteiger partial charge in [0.1, 0.15) is 11.6 Å². The third-order valence-corrected chi connectivity index (χ3v) is 4.07. The zero-order valence-corrected chi connectivity index (χ0v) is 14.1. The molecule has 7 heteroatoms. The van der Waals surface area contributed by atoms with Gasteiger partial charge in [-0.3, -0.25) is 9.59 Å². The Morgan fingerprint density at radius 2 is 2.12 bits per heavy atom. The number of nitrogens with zero attached hydrogens (tertiary/aromatic N) is 1. The molecule has 1 aliphatic rings. The first-order valence-electron chi connectivity index (χ1n) is 7.81. The minimum atomic E-state index is -0.552. The SMILES string of the molecule is O=C(COc1cccc(N2CCCC2=O)c1)Nc1ccc(F)c(Cl)c1. The Kier molecular flexibility index (Phi) is 5.19. The van der Waals surface area contributed by atoms with Gasteiger partial charge in [-0.1, -0.05) is 17.7 Å². The number of benzene rings is 2. The molecule has 130 valence electrons. The van der Waals surface area contributed by atoms with E-state index in [-0.39, 0.29) is 17.5 Å². The Bertz CT molecular complexity index is 813. The molecule has 3 rings (SSSR count). The minimum absolute atomic E-state index is 0.0679. The van der Waals surface area contributed by atoms with E-state index in [2.05, 4.69) is 5.32 Å². The van der Waals surface area contributed by atoms with Gasteiger partial charge >= 0.3 is 0 Å². The highest BCUT2D eigenvalue weighted by molar-refractivity contribution is 6.31. The first-order valence-corrected chi connectivity index (χ1v) is 8.19. The molecular weight excluding hydrogens is 347 g/mol. The van der Waals surface area contributed by atoms with E-state index in [0.717, 1.165) is 12.1 Å². The van der Waals surface area contributed by atoms with Crippen LogP contribution in [-0.2, 0) is 9.59 Å². The normalized spacial score (nSPS) is 13.8. The summed E-state index contributed by atoms with van der Waals surface area (Å²) in [5, 5.41) is 2.51. The number of carbonyl (C=O) groups excluding carboxylic acids is 2. The van der Waals surface area contributed by atoms with Gasteiger partial charge in [0.25, 0.3) is 5.91 Å². The quantitative estimate of drug-likeness (QED) is 0.883. The van der Waals surface area contributed by atoms with Crippen LogP contribution in [0.1, 0.15) is 12.8 Å². The van der Waals surface area contributed by atoms with Gasteiger partial charge in [0, 0.05) is 30.4 Å². The second kappa shape index (κ2) is 7.53. The fraction of sp³-hybridized carbons (Fsp3) is 0.222. The van der Waals surface area contributed by atoms with Crippen molar-refractivity contribution in [3.63, 3.8) is 0 Å². The fourth-order valence-corrected chi connectivity index (χ4v) is 2.76. The van der Waals surface area contributed by atoms with Crippen molar-refractivity contribution in [3.8, 4) is 5.75 Å². The molecule has 2 amide bonds. The van der Waals surface area contributed by atoms with Crippen LogP contribution in [0.4, 0.5) is 15.8 Å². The lowest BCUT2D eigenvalue weighted by molar-refractivity contribution is -0.118. The van der Waals surface area contributed by atoms with Crippen LogP contribution >= 0.6 is 11.6 Å². The van der Waals surface area contributed by atoms with E-state index in [9.17, 15) is 14.0 Å². The molecule has 1 saturated heterocycles. The van der Waals surface area contributed by atoms with Gasteiger partial charge in [0.15, 0.2) is 6.61 Å². The van der Waals surface area contributed by atoms with Gasteiger partial charge in [-0.15, -0.1) is 0 Å². The zero-order valence-electron chi connectivity index (χ0n) is 13.3. The number of ether oxygens (including phenoxy) is 1. The first-order chi connectivity index (χ1) is 12.0. The number of carbonyl (C=O) groups is 2.